The number of nitrogens with one attached hydrogen (secondary N) is 1. The Kier molecular flexibility index (Phi) is 4.71. The third kappa shape index (κ3) is 3.96. The largest absolute Gasteiger partial charge is 0.352 e. The van der Waals surface area contributed by atoms with Gasteiger partial charge in [0.2, 0.25) is 5.91 Å². The van der Waals surface area contributed by atoms with Gasteiger partial charge in [-0.25, -0.2) is 0 Å². The van der Waals surface area contributed by atoms with Crippen LogP contribution in [0.5, 0.6) is 0 Å². The van der Waals surface area contributed by atoms with Gasteiger partial charge in [-0.2, -0.15) is 5.10 Å². The van der Waals surface area contributed by atoms with Crippen molar-refractivity contribution in [3.8, 4) is 0 Å². The zero-order valence-electron chi connectivity index (χ0n) is 13.7. The van der Waals surface area contributed by atoms with Crippen molar-refractivity contribution in [1.82, 2.24) is 25.0 Å². The number of aromatic nitrogens is 3. The Labute approximate surface area is 136 Å². The molecule has 6 nitrogen and oxygen atoms in total. The first-order valence-electron chi connectivity index (χ1n) is 8.03. The predicted octanol–water partition coefficient (Wildman–Crippen LogP) is 1.79. The minimum atomic E-state index is -0.0218. The van der Waals surface area contributed by atoms with Crippen LogP contribution < -0.4 is 5.32 Å². The monoisotopic (exact) mass is 313 g/mol. The van der Waals surface area contributed by atoms with Crippen LogP contribution >= 0.6 is 0 Å². The number of aryl methyl sites for hydroxylation is 1. The molecule has 2 aromatic heterocycles. The van der Waals surface area contributed by atoms with Crippen LogP contribution in [0.15, 0.2) is 30.6 Å². The summed E-state index contributed by atoms with van der Waals surface area (Å²) in [6.07, 6.45) is 6.16. The van der Waals surface area contributed by atoms with Gasteiger partial charge in [0, 0.05) is 39.5 Å². The second kappa shape index (κ2) is 6.91. The van der Waals surface area contributed by atoms with Gasteiger partial charge in [0.1, 0.15) is 0 Å². The molecule has 0 aromatic carbocycles. The first-order valence-corrected chi connectivity index (χ1v) is 8.03. The number of likely N-dealkylation sites (tertiary alicyclic amines) is 1. The highest BCUT2D eigenvalue weighted by atomic mass is 16.1. The van der Waals surface area contributed by atoms with Crippen LogP contribution in [0.1, 0.15) is 42.8 Å². The molecule has 1 aliphatic heterocycles. The summed E-state index contributed by atoms with van der Waals surface area (Å²) in [6, 6.07) is 6.56. The van der Waals surface area contributed by atoms with Crippen molar-refractivity contribution in [3.05, 3.63) is 47.5 Å². The summed E-state index contributed by atoms with van der Waals surface area (Å²) >= 11 is 0. The molecule has 1 N–H and O–H groups in total. The Morgan fingerprint density at radius 3 is 2.91 bits per heavy atom. The fourth-order valence-electron chi connectivity index (χ4n) is 3.07. The molecule has 23 heavy (non-hydrogen) atoms. The zero-order valence-corrected chi connectivity index (χ0v) is 13.7. The van der Waals surface area contributed by atoms with E-state index in [9.17, 15) is 4.79 Å². The summed E-state index contributed by atoms with van der Waals surface area (Å²) in [4.78, 5) is 18.0. The van der Waals surface area contributed by atoms with Gasteiger partial charge >= 0.3 is 0 Å². The highest BCUT2D eigenvalue weighted by Crippen LogP contribution is 2.31. The van der Waals surface area contributed by atoms with E-state index in [1.165, 1.54) is 13.3 Å². The van der Waals surface area contributed by atoms with Crippen LogP contribution in [0.25, 0.3) is 0 Å². The molecular formula is C17H23N5O. The highest BCUT2D eigenvalue weighted by molar-refractivity contribution is 5.72. The van der Waals surface area contributed by atoms with E-state index >= 15 is 0 Å². The Bertz CT molecular complexity index is 664. The summed E-state index contributed by atoms with van der Waals surface area (Å²) in [6.45, 7) is 4.00. The lowest BCUT2D eigenvalue weighted by Crippen LogP contribution is -2.24. The fraction of sp³-hybridized carbons (Fsp3) is 0.471. The molecule has 1 aliphatic rings. The minimum Gasteiger partial charge on any atom is -0.352 e. The average molecular weight is 313 g/mol. The number of amides is 1. The van der Waals surface area contributed by atoms with Crippen molar-refractivity contribution in [2.45, 2.75) is 38.9 Å². The van der Waals surface area contributed by atoms with Gasteiger partial charge in [0.25, 0.3) is 0 Å². The smallest absolute Gasteiger partial charge is 0.217 e. The van der Waals surface area contributed by atoms with Gasteiger partial charge in [0.05, 0.1) is 17.4 Å². The average Bonchev–Trinajstić information content (AvgIpc) is 3.15. The van der Waals surface area contributed by atoms with Gasteiger partial charge in [-0.3, -0.25) is 19.4 Å². The molecule has 0 bridgehead atoms. The maximum Gasteiger partial charge on any atom is 0.217 e. The van der Waals surface area contributed by atoms with Gasteiger partial charge < -0.3 is 5.32 Å². The van der Waals surface area contributed by atoms with E-state index in [2.05, 4.69) is 38.5 Å². The SMILES string of the molecule is CC(=O)NCc1ccc([C@@H]2CCCN2Cc2ccn(C)n2)nc1. The Balaban J connectivity index is 1.66. The fourth-order valence-corrected chi connectivity index (χ4v) is 3.07. The van der Waals surface area contributed by atoms with E-state index in [1.807, 2.05) is 24.1 Å². The van der Waals surface area contributed by atoms with Crippen molar-refractivity contribution in [2.75, 3.05) is 6.54 Å². The summed E-state index contributed by atoms with van der Waals surface area (Å²) in [5.41, 5.74) is 3.23. The third-order valence-electron chi connectivity index (χ3n) is 4.23. The topological polar surface area (TPSA) is 63.1 Å². The van der Waals surface area contributed by atoms with Gasteiger partial charge in [0.15, 0.2) is 0 Å². The molecule has 1 saturated heterocycles. The van der Waals surface area contributed by atoms with Crippen molar-refractivity contribution in [1.29, 1.82) is 0 Å². The number of hydrogen-bond acceptors (Lipinski definition) is 4. The number of carbonyl (C=O) groups is 1. The standard InChI is InChI=1S/C17H23N5O/c1-13(23)18-10-14-5-6-16(19-11-14)17-4-3-8-22(17)12-15-7-9-21(2)20-15/h5-7,9,11,17H,3-4,8,10,12H2,1-2H3,(H,18,23)/t17-/m0/s1. The number of carbonyl (C=O) groups excluding carboxylic acids is 1. The number of rotatable bonds is 5. The minimum absolute atomic E-state index is 0.0218. The summed E-state index contributed by atoms with van der Waals surface area (Å²) in [5.74, 6) is -0.0218. The summed E-state index contributed by atoms with van der Waals surface area (Å²) < 4.78 is 1.84. The van der Waals surface area contributed by atoms with E-state index in [0.717, 1.165) is 36.5 Å². The van der Waals surface area contributed by atoms with Crippen LogP contribution in [0.2, 0.25) is 0 Å². The maximum absolute atomic E-state index is 11.0. The Morgan fingerprint density at radius 2 is 2.26 bits per heavy atom. The molecule has 1 amide bonds. The van der Waals surface area contributed by atoms with Crippen molar-refractivity contribution in [3.63, 3.8) is 0 Å². The molecule has 3 rings (SSSR count). The molecule has 2 aromatic rings. The quantitative estimate of drug-likeness (QED) is 0.914. The van der Waals surface area contributed by atoms with Gasteiger partial charge in [-0.15, -0.1) is 0 Å². The molecule has 1 fully saturated rings. The van der Waals surface area contributed by atoms with E-state index in [-0.39, 0.29) is 5.91 Å². The first-order chi connectivity index (χ1) is 11.1. The molecule has 3 heterocycles. The molecule has 1 atom stereocenters. The molecule has 0 aliphatic carbocycles. The molecule has 0 spiro atoms. The maximum atomic E-state index is 11.0. The van der Waals surface area contributed by atoms with Gasteiger partial charge in [-0.1, -0.05) is 6.07 Å². The number of nitrogens with zero attached hydrogens (tertiary/aromatic N) is 4. The second-order valence-electron chi connectivity index (χ2n) is 6.11. The normalized spacial score (nSPS) is 18.3. The van der Waals surface area contributed by atoms with Crippen molar-refractivity contribution < 1.29 is 4.79 Å². The zero-order chi connectivity index (χ0) is 16.2. The molecule has 0 unspecified atom stereocenters. The second-order valence-corrected chi connectivity index (χ2v) is 6.11. The lowest BCUT2D eigenvalue weighted by Gasteiger charge is -2.23. The lowest BCUT2D eigenvalue weighted by molar-refractivity contribution is -0.119. The Hall–Kier alpha value is -2.21. The number of pyridine rings is 1. The first kappa shape index (κ1) is 15.7. The van der Waals surface area contributed by atoms with Crippen LogP contribution in [-0.4, -0.2) is 32.1 Å². The molecule has 6 heteroatoms. The van der Waals surface area contributed by atoms with Crippen molar-refractivity contribution in [2.24, 2.45) is 7.05 Å². The predicted molar refractivity (Wildman–Crippen MR) is 87.4 cm³/mol. The van der Waals surface area contributed by atoms with E-state index in [0.29, 0.717) is 12.6 Å². The van der Waals surface area contributed by atoms with E-state index < -0.39 is 0 Å². The van der Waals surface area contributed by atoms with E-state index in [1.54, 1.807) is 0 Å². The Morgan fingerprint density at radius 1 is 1.39 bits per heavy atom. The molecule has 0 saturated carbocycles. The number of hydrogen-bond donors (Lipinski definition) is 1. The van der Waals surface area contributed by atoms with Crippen LogP contribution in [0.3, 0.4) is 0 Å². The van der Waals surface area contributed by atoms with Crippen molar-refractivity contribution >= 4 is 5.91 Å². The lowest BCUT2D eigenvalue weighted by atomic mass is 10.1. The molecular weight excluding hydrogens is 290 g/mol. The highest BCUT2D eigenvalue weighted by Gasteiger charge is 2.27. The van der Waals surface area contributed by atoms with Gasteiger partial charge in [-0.05, 0) is 37.1 Å². The molecule has 122 valence electrons. The van der Waals surface area contributed by atoms with Crippen LogP contribution in [0, 0.1) is 0 Å². The molecule has 0 radical (unpaired) electrons. The van der Waals surface area contributed by atoms with Crippen LogP contribution in [-0.2, 0) is 24.9 Å². The summed E-state index contributed by atoms with van der Waals surface area (Å²) in [7, 11) is 1.94. The van der Waals surface area contributed by atoms with E-state index in [4.69, 9.17) is 0 Å². The summed E-state index contributed by atoms with van der Waals surface area (Å²) in [5, 5.41) is 7.27. The third-order valence-corrected chi connectivity index (χ3v) is 4.23. The van der Waals surface area contributed by atoms with Crippen LogP contribution in [0.4, 0.5) is 0 Å².